The Morgan fingerprint density at radius 3 is 2.62 bits per heavy atom. The molecule has 0 saturated carbocycles. The molecular weight excluding hydrogens is 318 g/mol. The monoisotopic (exact) mass is 327 g/mol. The molecule has 0 amide bonds. The van der Waals surface area contributed by atoms with Gasteiger partial charge in [0.1, 0.15) is 10.8 Å². The summed E-state index contributed by atoms with van der Waals surface area (Å²) in [4.78, 5) is 13.7. The third-order valence-corrected chi connectivity index (χ3v) is 4.25. The highest BCUT2D eigenvalue weighted by Gasteiger charge is 2.21. The van der Waals surface area contributed by atoms with Crippen molar-refractivity contribution in [2.45, 2.75) is 11.8 Å². The first-order chi connectivity index (χ1) is 9.79. The van der Waals surface area contributed by atoms with Crippen molar-refractivity contribution >= 4 is 33.1 Å². The van der Waals surface area contributed by atoms with Crippen molar-refractivity contribution in [3.8, 4) is 0 Å². The van der Waals surface area contributed by atoms with E-state index in [2.05, 4.69) is 9.71 Å². The number of nitro groups is 1. The van der Waals surface area contributed by atoms with E-state index in [1.165, 1.54) is 12.3 Å². The summed E-state index contributed by atoms with van der Waals surface area (Å²) >= 11 is 5.65. The minimum atomic E-state index is -3.98. The lowest BCUT2D eigenvalue weighted by molar-refractivity contribution is -0.384. The zero-order chi connectivity index (χ0) is 15.6. The second kappa shape index (κ2) is 5.66. The molecular formula is C12H10ClN3O4S. The van der Waals surface area contributed by atoms with E-state index >= 15 is 0 Å². The van der Waals surface area contributed by atoms with Crippen LogP contribution in [0.15, 0.2) is 41.4 Å². The molecule has 7 nitrogen and oxygen atoms in total. The lowest BCUT2D eigenvalue weighted by Crippen LogP contribution is -2.14. The van der Waals surface area contributed by atoms with Crippen molar-refractivity contribution in [1.82, 2.24) is 4.98 Å². The fourth-order valence-electron chi connectivity index (χ4n) is 1.59. The molecule has 0 atom stereocenters. The number of rotatable bonds is 4. The van der Waals surface area contributed by atoms with Crippen LogP contribution in [0.3, 0.4) is 0 Å². The van der Waals surface area contributed by atoms with E-state index in [0.717, 1.165) is 17.7 Å². The summed E-state index contributed by atoms with van der Waals surface area (Å²) in [5.74, 6) is 0.132. The molecule has 0 fully saturated rings. The van der Waals surface area contributed by atoms with Crippen LogP contribution in [0.5, 0.6) is 0 Å². The second-order valence-corrected chi connectivity index (χ2v) is 6.28. The lowest BCUT2D eigenvalue weighted by atomic mass is 10.3. The Hall–Kier alpha value is -2.19. The number of halogens is 1. The maximum Gasteiger partial charge on any atom is 0.289 e. The summed E-state index contributed by atoms with van der Waals surface area (Å²) in [6.45, 7) is 1.78. The van der Waals surface area contributed by atoms with Crippen molar-refractivity contribution in [3.05, 3.63) is 57.2 Å². The molecule has 1 aromatic carbocycles. The van der Waals surface area contributed by atoms with Crippen LogP contribution >= 0.6 is 11.6 Å². The van der Waals surface area contributed by atoms with E-state index < -0.39 is 20.6 Å². The average Bonchev–Trinajstić information content (AvgIpc) is 2.38. The third-order valence-electron chi connectivity index (χ3n) is 2.58. The van der Waals surface area contributed by atoms with Gasteiger partial charge < -0.3 is 0 Å². The molecule has 0 saturated heterocycles. The van der Waals surface area contributed by atoms with Gasteiger partial charge >= 0.3 is 0 Å². The van der Waals surface area contributed by atoms with Gasteiger partial charge in [0.25, 0.3) is 15.7 Å². The molecule has 0 aliphatic heterocycles. The van der Waals surface area contributed by atoms with Gasteiger partial charge in [0.05, 0.1) is 9.82 Å². The SMILES string of the molecule is Cc1ccnc(NS(=O)(=O)c2ccc(Cl)c([N+](=O)[O-])c2)c1. The number of hydrogen-bond acceptors (Lipinski definition) is 5. The fourth-order valence-corrected chi connectivity index (χ4v) is 2.79. The topological polar surface area (TPSA) is 102 Å². The number of anilines is 1. The van der Waals surface area contributed by atoms with Crippen LogP contribution in [0.25, 0.3) is 0 Å². The van der Waals surface area contributed by atoms with Crippen molar-refractivity contribution in [3.63, 3.8) is 0 Å². The van der Waals surface area contributed by atoms with Crippen LogP contribution in [0.2, 0.25) is 5.02 Å². The first kappa shape index (κ1) is 15.2. The van der Waals surface area contributed by atoms with Gasteiger partial charge in [0.15, 0.2) is 0 Å². The smallest absolute Gasteiger partial charge is 0.263 e. The summed E-state index contributed by atoms with van der Waals surface area (Å²) in [7, 11) is -3.98. The molecule has 21 heavy (non-hydrogen) atoms. The largest absolute Gasteiger partial charge is 0.289 e. The maximum absolute atomic E-state index is 12.2. The lowest BCUT2D eigenvalue weighted by Gasteiger charge is -2.08. The zero-order valence-electron chi connectivity index (χ0n) is 10.8. The highest BCUT2D eigenvalue weighted by molar-refractivity contribution is 7.92. The summed E-state index contributed by atoms with van der Waals surface area (Å²) in [5, 5.41) is 10.7. The molecule has 0 bridgehead atoms. The second-order valence-electron chi connectivity index (χ2n) is 4.19. The summed E-state index contributed by atoms with van der Waals surface area (Å²) in [6.07, 6.45) is 1.46. The van der Waals surface area contributed by atoms with Gasteiger partial charge in [-0.2, -0.15) is 0 Å². The molecule has 0 unspecified atom stereocenters. The standard InChI is InChI=1S/C12H10ClN3O4S/c1-8-4-5-14-12(6-8)15-21(19,20)9-2-3-10(13)11(7-9)16(17)18/h2-7H,1H3,(H,14,15). The first-order valence-corrected chi connectivity index (χ1v) is 7.55. The van der Waals surface area contributed by atoms with Crippen LogP contribution in [0.4, 0.5) is 11.5 Å². The van der Waals surface area contributed by atoms with E-state index in [1.54, 1.807) is 19.1 Å². The minimum absolute atomic E-state index is 0.132. The predicted molar refractivity (Wildman–Crippen MR) is 77.9 cm³/mol. The van der Waals surface area contributed by atoms with Gasteiger partial charge in [-0.05, 0) is 36.8 Å². The van der Waals surface area contributed by atoms with Crippen LogP contribution in [-0.2, 0) is 10.0 Å². The van der Waals surface area contributed by atoms with Gasteiger partial charge in [-0.1, -0.05) is 11.6 Å². The van der Waals surface area contributed by atoms with E-state index in [4.69, 9.17) is 11.6 Å². The molecule has 2 rings (SSSR count). The summed E-state index contributed by atoms with van der Waals surface area (Å²) < 4.78 is 26.6. The molecule has 1 aromatic heterocycles. The molecule has 110 valence electrons. The number of pyridine rings is 1. The molecule has 1 N–H and O–H groups in total. The summed E-state index contributed by atoms with van der Waals surface area (Å²) in [5.41, 5.74) is 0.349. The van der Waals surface area contributed by atoms with Crippen molar-refractivity contribution < 1.29 is 13.3 Å². The molecule has 0 aliphatic rings. The first-order valence-electron chi connectivity index (χ1n) is 5.69. The number of benzene rings is 1. The molecule has 1 heterocycles. The Morgan fingerprint density at radius 2 is 2.00 bits per heavy atom. The quantitative estimate of drug-likeness (QED) is 0.687. The summed E-state index contributed by atoms with van der Waals surface area (Å²) in [6, 6.07) is 6.51. The van der Waals surface area contributed by atoms with Crippen molar-refractivity contribution in [2.24, 2.45) is 0 Å². The molecule has 9 heteroatoms. The number of nitro benzene ring substituents is 1. The van der Waals surface area contributed by atoms with E-state index in [1.807, 2.05) is 0 Å². The van der Waals surface area contributed by atoms with Crippen LogP contribution in [0.1, 0.15) is 5.56 Å². The van der Waals surface area contributed by atoms with Gasteiger partial charge in [0.2, 0.25) is 0 Å². The number of sulfonamides is 1. The average molecular weight is 328 g/mol. The van der Waals surface area contributed by atoms with Gasteiger partial charge in [-0.3, -0.25) is 14.8 Å². The van der Waals surface area contributed by atoms with E-state index in [-0.39, 0.29) is 15.7 Å². The number of hydrogen-bond donors (Lipinski definition) is 1. The van der Waals surface area contributed by atoms with Gasteiger partial charge in [0, 0.05) is 12.3 Å². The van der Waals surface area contributed by atoms with E-state index in [9.17, 15) is 18.5 Å². The Balaban J connectivity index is 2.40. The molecule has 2 aromatic rings. The van der Waals surface area contributed by atoms with E-state index in [0.29, 0.717) is 0 Å². The normalized spacial score (nSPS) is 11.1. The van der Waals surface area contributed by atoms with Gasteiger partial charge in [-0.25, -0.2) is 13.4 Å². The third kappa shape index (κ3) is 3.47. The predicted octanol–water partition coefficient (Wildman–Crippen LogP) is 2.75. The van der Waals surface area contributed by atoms with Crippen LogP contribution in [-0.4, -0.2) is 18.3 Å². The number of nitrogens with one attached hydrogen (secondary N) is 1. The zero-order valence-corrected chi connectivity index (χ0v) is 12.4. The number of aromatic nitrogens is 1. The Bertz CT molecular complexity index is 808. The highest BCUT2D eigenvalue weighted by atomic mass is 35.5. The molecule has 0 spiro atoms. The Labute approximate surface area is 125 Å². The van der Waals surface area contributed by atoms with Crippen LogP contribution in [0, 0.1) is 17.0 Å². The Kier molecular flexibility index (Phi) is 4.10. The number of nitrogens with zero attached hydrogens (tertiary/aromatic N) is 2. The molecule has 0 aliphatic carbocycles. The van der Waals surface area contributed by atoms with Crippen molar-refractivity contribution in [1.29, 1.82) is 0 Å². The van der Waals surface area contributed by atoms with Gasteiger partial charge in [-0.15, -0.1) is 0 Å². The maximum atomic E-state index is 12.2. The molecule has 0 radical (unpaired) electrons. The number of aryl methyl sites for hydroxylation is 1. The Morgan fingerprint density at radius 1 is 1.29 bits per heavy atom. The van der Waals surface area contributed by atoms with Crippen molar-refractivity contribution in [2.75, 3.05) is 4.72 Å². The highest BCUT2D eigenvalue weighted by Crippen LogP contribution is 2.27. The van der Waals surface area contributed by atoms with Crippen LogP contribution < -0.4 is 4.72 Å². The minimum Gasteiger partial charge on any atom is -0.263 e. The fraction of sp³-hybridized carbons (Fsp3) is 0.0833.